The first kappa shape index (κ1) is 11.2. The summed E-state index contributed by atoms with van der Waals surface area (Å²) < 4.78 is 0. The first-order chi connectivity index (χ1) is 5.93. The summed E-state index contributed by atoms with van der Waals surface area (Å²) in [6.45, 7) is 0. The summed E-state index contributed by atoms with van der Waals surface area (Å²) in [7, 11) is 0. The van der Waals surface area contributed by atoms with E-state index in [1.54, 1.807) is 0 Å². The molecule has 1 atom stereocenters. The van der Waals surface area contributed by atoms with Gasteiger partial charge in [0.25, 0.3) is 0 Å². The summed E-state index contributed by atoms with van der Waals surface area (Å²) in [6.07, 6.45) is 0.0293. The first-order valence-corrected chi connectivity index (χ1v) is 3.57. The van der Waals surface area contributed by atoms with Crippen molar-refractivity contribution in [3.05, 3.63) is 0 Å². The van der Waals surface area contributed by atoms with E-state index in [1.165, 1.54) is 0 Å². The van der Waals surface area contributed by atoms with Crippen molar-refractivity contribution in [3.63, 3.8) is 0 Å². The van der Waals surface area contributed by atoms with Gasteiger partial charge in [0.2, 0.25) is 11.8 Å². The van der Waals surface area contributed by atoms with Crippen molar-refractivity contribution in [1.82, 2.24) is 5.32 Å². The maximum absolute atomic E-state index is 10.6. The maximum atomic E-state index is 10.6. The molecule has 0 aliphatic heterocycles. The van der Waals surface area contributed by atoms with Crippen LogP contribution in [0.4, 0.5) is 4.79 Å². The van der Waals surface area contributed by atoms with Gasteiger partial charge in [0.05, 0.1) is 0 Å². The Morgan fingerprint density at radius 2 is 1.69 bits per heavy atom. The predicted molar refractivity (Wildman–Crippen MR) is 44.1 cm³/mol. The molecule has 0 aromatic rings. The summed E-state index contributed by atoms with van der Waals surface area (Å²) in [5.74, 6) is -1.32. The van der Waals surface area contributed by atoms with E-state index in [0.29, 0.717) is 0 Å². The second-order valence-electron chi connectivity index (χ2n) is 2.47. The number of rotatable bonds is 5. The quantitative estimate of drug-likeness (QED) is 0.388. The Balaban J connectivity index is 4.02. The lowest BCUT2D eigenvalue weighted by atomic mass is 10.1. The van der Waals surface area contributed by atoms with Gasteiger partial charge in [-0.2, -0.15) is 0 Å². The standard InChI is InChI=1S/C6H12N4O3/c7-4(11)2-1-3(5(8)12)10-6(9)13/h3H,1-2H2,(H2,7,11)(H2,8,12)(H3,9,10,13). The van der Waals surface area contributed by atoms with E-state index in [2.05, 4.69) is 5.32 Å². The minimum absolute atomic E-state index is 0.0338. The van der Waals surface area contributed by atoms with Crippen molar-refractivity contribution in [2.45, 2.75) is 18.9 Å². The third kappa shape index (κ3) is 5.48. The van der Waals surface area contributed by atoms with Gasteiger partial charge in [0.1, 0.15) is 6.04 Å². The number of amides is 4. The van der Waals surface area contributed by atoms with E-state index < -0.39 is 23.9 Å². The molecule has 7 N–H and O–H groups in total. The number of nitrogens with two attached hydrogens (primary N) is 3. The van der Waals surface area contributed by atoms with Gasteiger partial charge in [-0.1, -0.05) is 0 Å². The molecule has 0 saturated heterocycles. The molecule has 0 radical (unpaired) electrons. The van der Waals surface area contributed by atoms with Crippen LogP contribution in [-0.4, -0.2) is 23.9 Å². The monoisotopic (exact) mass is 188 g/mol. The highest BCUT2D eigenvalue weighted by atomic mass is 16.2. The van der Waals surface area contributed by atoms with Gasteiger partial charge in [0, 0.05) is 6.42 Å². The zero-order valence-corrected chi connectivity index (χ0v) is 6.95. The molecule has 0 aromatic heterocycles. The van der Waals surface area contributed by atoms with E-state index in [0.717, 1.165) is 0 Å². The first-order valence-electron chi connectivity index (χ1n) is 3.57. The zero-order chi connectivity index (χ0) is 10.4. The highest BCUT2D eigenvalue weighted by molar-refractivity contribution is 5.86. The van der Waals surface area contributed by atoms with E-state index >= 15 is 0 Å². The number of urea groups is 1. The van der Waals surface area contributed by atoms with Gasteiger partial charge >= 0.3 is 6.03 Å². The van der Waals surface area contributed by atoms with Crippen LogP contribution < -0.4 is 22.5 Å². The summed E-state index contributed by atoms with van der Waals surface area (Å²) in [6, 6.07) is -1.81. The Labute approximate surface area is 74.6 Å². The van der Waals surface area contributed by atoms with E-state index in [-0.39, 0.29) is 12.8 Å². The van der Waals surface area contributed by atoms with Gasteiger partial charge in [-0.05, 0) is 6.42 Å². The smallest absolute Gasteiger partial charge is 0.312 e. The molecule has 0 rings (SSSR count). The molecule has 0 bridgehead atoms. The summed E-state index contributed by atoms with van der Waals surface area (Å²) in [5, 5.41) is 2.09. The van der Waals surface area contributed by atoms with Crippen LogP contribution in [0.2, 0.25) is 0 Å². The van der Waals surface area contributed by atoms with Gasteiger partial charge in [-0.25, -0.2) is 4.79 Å². The van der Waals surface area contributed by atoms with Crippen molar-refractivity contribution >= 4 is 17.8 Å². The Morgan fingerprint density at radius 3 is 2.00 bits per heavy atom. The van der Waals surface area contributed by atoms with Crippen LogP contribution >= 0.6 is 0 Å². The molecule has 4 amide bonds. The predicted octanol–water partition coefficient (Wildman–Crippen LogP) is -2.23. The van der Waals surface area contributed by atoms with Crippen LogP contribution in [-0.2, 0) is 9.59 Å². The second kappa shape index (κ2) is 4.96. The van der Waals surface area contributed by atoms with Gasteiger partial charge < -0.3 is 22.5 Å². The Hall–Kier alpha value is -1.79. The molecule has 0 saturated carbocycles. The van der Waals surface area contributed by atoms with Crippen LogP contribution in [0.1, 0.15) is 12.8 Å². The van der Waals surface area contributed by atoms with Crippen molar-refractivity contribution in [3.8, 4) is 0 Å². The van der Waals surface area contributed by atoms with Crippen LogP contribution in [0.3, 0.4) is 0 Å². The minimum Gasteiger partial charge on any atom is -0.370 e. The van der Waals surface area contributed by atoms with Gasteiger partial charge in [-0.15, -0.1) is 0 Å². The topological polar surface area (TPSA) is 141 Å². The Bertz CT molecular complexity index is 228. The van der Waals surface area contributed by atoms with Crippen molar-refractivity contribution < 1.29 is 14.4 Å². The van der Waals surface area contributed by atoms with Crippen LogP contribution in [0, 0.1) is 0 Å². The number of carbonyl (C=O) groups excluding carboxylic acids is 3. The van der Waals surface area contributed by atoms with Crippen molar-refractivity contribution in [2.24, 2.45) is 17.2 Å². The fourth-order valence-electron chi connectivity index (χ4n) is 0.744. The number of carbonyl (C=O) groups is 3. The number of nitrogens with one attached hydrogen (secondary N) is 1. The average molecular weight is 188 g/mol. The maximum Gasteiger partial charge on any atom is 0.312 e. The number of hydrogen-bond acceptors (Lipinski definition) is 3. The normalized spacial score (nSPS) is 11.7. The van der Waals surface area contributed by atoms with Crippen LogP contribution in [0.15, 0.2) is 0 Å². The Morgan fingerprint density at radius 1 is 1.15 bits per heavy atom. The van der Waals surface area contributed by atoms with Gasteiger partial charge in [-0.3, -0.25) is 9.59 Å². The molecule has 0 spiro atoms. The van der Waals surface area contributed by atoms with Gasteiger partial charge in [0.15, 0.2) is 0 Å². The molecule has 13 heavy (non-hydrogen) atoms. The fourth-order valence-corrected chi connectivity index (χ4v) is 0.744. The SMILES string of the molecule is NC(=O)CCC(NC(N)=O)C(N)=O. The largest absolute Gasteiger partial charge is 0.370 e. The number of primary amides is 3. The zero-order valence-electron chi connectivity index (χ0n) is 6.95. The van der Waals surface area contributed by atoms with Crippen LogP contribution in [0.25, 0.3) is 0 Å². The molecule has 0 aliphatic rings. The summed E-state index contributed by atoms with van der Waals surface area (Å²) >= 11 is 0. The molecule has 1 unspecified atom stereocenters. The van der Waals surface area contributed by atoms with Crippen LogP contribution in [0.5, 0.6) is 0 Å². The van der Waals surface area contributed by atoms with Crippen molar-refractivity contribution in [1.29, 1.82) is 0 Å². The second-order valence-corrected chi connectivity index (χ2v) is 2.47. The van der Waals surface area contributed by atoms with Crippen molar-refractivity contribution in [2.75, 3.05) is 0 Å². The molecule has 0 aliphatic carbocycles. The Kier molecular flexibility index (Phi) is 4.28. The van der Waals surface area contributed by atoms with E-state index in [9.17, 15) is 14.4 Å². The van der Waals surface area contributed by atoms with E-state index in [4.69, 9.17) is 17.2 Å². The average Bonchev–Trinajstić information content (AvgIpc) is 1.96. The fraction of sp³-hybridized carbons (Fsp3) is 0.500. The lowest BCUT2D eigenvalue weighted by Crippen LogP contribution is -2.47. The lowest BCUT2D eigenvalue weighted by Gasteiger charge is -2.11. The molecule has 7 nitrogen and oxygen atoms in total. The highest BCUT2D eigenvalue weighted by Gasteiger charge is 2.16. The van der Waals surface area contributed by atoms with E-state index in [1.807, 2.05) is 0 Å². The molecular weight excluding hydrogens is 176 g/mol. The minimum atomic E-state index is -0.940. The molecule has 0 heterocycles. The number of hydrogen-bond donors (Lipinski definition) is 4. The third-order valence-electron chi connectivity index (χ3n) is 1.34. The molecule has 0 fully saturated rings. The molecule has 7 heteroatoms. The molecule has 74 valence electrons. The lowest BCUT2D eigenvalue weighted by molar-refractivity contribution is -0.120. The third-order valence-corrected chi connectivity index (χ3v) is 1.34. The molecule has 0 aromatic carbocycles. The summed E-state index contributed by atoms with van der Waals surface area (Å²) in [5.41, 5.74) is 14.5. The molecular formula is C6H12N4O3. The highest BCUT2D eigenvalue weighted by Crippen LogP contribution is 1.95. The summed E-state index contributed by atoms with van der Waals surface area (Å²) in [4.78, 5) is 31.3.